The monoisotopic (exact) mass is 326 g/mol. The van der Waals surface area contributed by atoms with Crippen molar-refractivity contribution in [1.82, 2.24) is 4.98 Å². The van der Waals surface area contributed by atoms with Gasteiger partial charge < -0.3 is 10.1 Å². The molecule has 1 aromatic heterocycles. The summed E-state index contributed by atoms with van der Waals surface area (Å²) in [5.74, 6) is 0.862. The molecular formula is C18H18N2O2S. The van der Waals surface area contributed by atoms with E-state index in [1.54, 1.807) is 5.51 Å². The fourth-order valence-corrected chi connectivity index (χ4v) is 3.06. The number of amides is 1. The average molecular weight is 326 g/mol. The van der Waals surface area contributed by atoms with Gasteiger partial charge in [-0.05, 0) is 24.8 Å². The summed E-state index contributed by atoms with van der Waals surface area (Å²) < 4.78 is 5.84. The lowest BCUT2D eigenvalue weighted by Gasteiger charge is -2.09. The molecule has 5 heteroatoms. The van der Waals surface area contributed by atoms with Crippen LogP contribution in [0, 0.1) is 6.92 Å². The molecule has 1 N–H and O–H groups in total. The van der Waals surface area contributed by atoms with E-state index in [9.17, 15) is 4.79 Å². The Bertz CT molecular complexity index is 808. The number of aryl methyl sites for hydroxylation is 1. The Balaban J connectivity index is 1.49. The van der Waals surface area contributed by atoms with E-state index in [2.05, 4.69) is 22.4 Å². The van der Waals surface area contributed by atoms with Crippen LogP contribution < -0.4 is 10.1 Å². The lowest BCUT2D eigenvalue weighted by atomic mass is 10.1. The summed E-state index contributed by atoms with van der Waals surface area (Å²) in [6, 6.07) is 14.1. The molecule has 0 fully saturated rings. The smallest absolute Gasteiger partial charge is 0.225 e. The zero-order valence-corrected chi connectivity index (χ0v) is 13.7. The van der Waals surface area contributed by atoms with Gasteiger partial charge in [0.25, 0.3) is 0 Å². The Kier molecular flexibility index (Phi) is 4.88. The fourth-order valence-electron chi connectivity index (χ4n) is 2.35. The molecule has 0 saturated carbocycles. The van der Waals surface area contributed by atoms with Crippen molar-refractivity contribution in [3.05, 3.63) is 53.7 Å². The Labute approximate surface area is 139 Å². The normalized spacial score (nSPS) is 10.7. The van der Waals surface area contributed by atoms with E-state index in [1.165, 1.54) is 11.3 Å². The van der Waals surface area contributed by atoms with E-state index in [0.29, 0.717) is 19.4 Å². The molecule has 0 unspecified atom stereocenters. The second-order valence-electron chi connectivity index (χ2n) is 5.24. The molecule has 3 rings (SSSR count). The minimum Gasteiger partial charge on any atom is -0.493 e. The molecule has 4 nitrogen and oxygen atoms in total. The fraction of sp³-hybridized carbons (Fsp3) is 0.222. The zero-order valence-electron chi connectivity index (χ0n) is 12.9. The van der Waals surface area contributed by atoms with Gasteiger partial charge in [-0.3, -0.25) is 4.79 Å². The molecule has 0 spiro atoms. The number of thiazole rings is 1. The summed E-state index contributed by atoms with van der Waals surface area (Å²) in [4.78, 5) is 16.0. The maximum absolute atomic E-state index is 11.9. The molecule has 0 aliphatic heterocycles. The summed E-state index contributed by atoms with van der Waals surface area (Å²) in [7, 11) is 0. The highest BCUT2D eigenvalue weighted by Crippen LogP contribution is 2.25. The standard InChI is InChI=1S/C18H18N2O2S/c1-13-18(23-12-19-13)20-17(21)10-5-11-22-16-9-4-7-14-6-2-3-8-15(14)16/h2-4,6-9,12H,5,10-11H2,1H3,(H,20,21). The van der Waals surface area contributed by atoms with Gasteiger partial charge in [0.05, 0.1) is 17.8 Å². The number of carbonyl (C=O) groups excluding carboxylic acids is 1. The van der Waals surface area contributed by atoms with E-state index in [1.807, 2.05) is 37.3 Å². The van der Waals surface area contributed by atoms with Crippen molar-refractivity contribution in [3.8, 4) is 5.75 Å². The molecule has 118 valence electrons. The molecule has 23 heavy (non-hydrogen) atoms. The van der Waals surface area contributed by atoms with Gasteiger partial charge in [0.1, 0.15) is 10.8 Å². The predicted octanol–water partition coefficient (Wildman–Crippen LogP) is 4.40. The minimum atomic E-state index is -0.00105. The number of benzene rings is 2. The van der Waals surface area contributed by atoms with E-state index in [0.717, 1.165) is 27.2 Å². The van der Waals surface area contributed by atoms with Crippen molar-refractivity contribution >= 4 is 33.0 Å². The van der Waals surface area contributed by atoms with Crippen LogP contribution in [0.5, 0.6) is 5.75 Å². The number of fused-ring (bicyclic) bond motifs is 1. The molecule has 1 amide bonds. The van der Waals surface area contributed by atoms with Crippen LogP contribution in [0.2, 0.25) is 0 Å². The van der Waals surface area contributed by atoms with Crippen molar-refractivity contribution in [1.29, 1.82) is 0 Å². The second-order valence-corrected chi connectivity index (χ2v) is 6.10. The lowest BCUT2D eigenvalue weighted by Crippen LogP contribution is -2.12. The molecule has 0 radical (unpaired) electrons. The predicted molar refractivity (Wildman–Crippen MR) is 94.2 cm³/mol. The van der Waals surface area contributed by atoms with Crippen LogP contribution in [-0.4, -0.2) is 17.5 Å². The van der Waals surface area contributed by atoms with Crippen molar-refractivity contribution in [2.24, 2.45) is 0 Å². The van der Waals surface area contributed by atoms with E-state index < -0.39 is 0 Å². The minimum absolute atomic E-state index is 0.00105. The van der Waals surface area contributed by atoms with Gasteiger partial charge in [0.2, 0.25) is 5.91 Å². The highest BCUT2D eigenvalue weighted by Gasteiger charge is 2.07. The van der Waals surface area contributed by atoms with Gasteiger partial charge in [0, 0.05) is 11.8 Å². The number of hydrogen-bond donors (Lipinski definition) is 1. The number of hydrogen-bond acceptors (Lipinski definition) is 4. The van der Waals surface area contributed by atoms with Gasteiger partial charge in [0.15, 0.2) is 0 Å². The SMILES string of the molecule is Cc1ncsc1NC(=O)CCCOc1cccc2ccccc12. The number of nitrogens with zero attached hydrogens (tertiary/aromatic N) is 1. The summed E-state index contributed by atoms with van der Waals surface area (Å²) >= 11 is 1.44. The van der Waals surface area contributed by atoms with Crippen LogP contribution in [-0.2, 0) is 4.79 Å². The molecule has 1 heterocycles. The highest BCUT2D eigenvalue weighted by molar-refractivity contribution is 7.14. The average Bonchev–Trinajstić information content (AvgIpc) is 2.96. The van der Waals surface area contributed by atoms with Crippen LogP contribution in [0.25, 0.3) is 10.8 Å². The number of aromatic nitrogens is 1. The number of anilines is 1. The summed E-state index contributed by atoms with van der Waals surface area (Å²) in [5.41, 5.74) is 2.59. The van der Waals surface area contributed by atoms with E-state index in [-0.39, 0.29) is 5.91 Å². The molecule has 0 aliphatic carbocycles. The summed E-state index contributed by atoms with van der Waals surface area (Å²) in [6.45, 7) is 2.40. The molecule has 0 saturated heterocycles. The first-order valence-corrected chi connectivity index (χ1v) is 8.42. The van der Waals surface area contributed by atoms with Crippen LogP contribution in [0.4, 0.5) is 5.00 Å². The van der Waals surface area contributed by atoms with Gasteiger partial charge in [-0.25, -0.2) is 4.98 Å². The number of nitrogens with one attached hydrogen (secondary N) is 1. The molecule has 2 aromatic carbocycles. The third-order valence-corrected chi connectivity index (χ3v) is 4.40. The molecule has 0 bridgehead atoms. The molecular weight excluding hydrogens is 308 g/mol. The number of rotatable bonds is 6. The lowest BCUT2D eigenvalue weighted by molar-refractivity contribution is -0.116. The summed E-state index contributed by atoms with van der Waals surface area (Å²) in [5, 5.41) is 5.96. The Morgan fingerprint density at radius 2 is 2.04 bits per heavy atom. The zero-order chi connectivity index (χ0) is 16.1. The number of carbonyl (C=O) groups is 1. The van der Waals surface area contributed by atoms with Gasteiger partial charge in [-0.1, -0.05) is 36.4 Å². The third kappa shape index (κ3) is 3.87. The summed E-state index contributed by atoms with van der Waals surface area (Å²) in [6.07, 6.45) is 1.11. The Morgan fingerprint density at radius 3 is 2.87 bits per heavy atom. The van der Waals surface area contributed by atoms with Crippen LogP contribution in [0.15, 0.2) is 48.0 Å². The Hall–Kier alpha value is -2.40. The van der Waals surface area contributed by atoms with E-state index in [4.69, 9.17) is 4.74 Å². The maximum atomic E-state index is 11.9. The van der Waals surface area contributed by atoms with Crippen molar-refractivity contribution in [2.45, 2.75) is 19.8 Å². The molecule has 0 atom stereocenters. The first kappa shape index (κ1) is 15.5. The van der Waals surface area contributed by atoms with Crippen molar-refractivity contribution in [3.63, 3.8) is 0 Å². The highest BCUT2D eigenvalue weighted by atomic mass is 32.1. The van der Waals surface area contributed by atoms with Gasteiger partial charge in [-0.2, -0.15) is 0 Å². The number of ether oxygens (including phenoxy) is 1. The van der Waals surface area contributed by atoms with Gasteiger partial charge >= 0.3 is 0 Å². The first-order valence-electron chi connectivity index (χ1n) is 7.54. The topological polar surface area (TPSA) is 51.2 Å². The Morgan fingerprint density at radius 1 is 1.22 bits per heavy atom. The maximum Gasteiger partial charge on any atom is 0.225 e. The van der Waals surface area contributed by atoms with Crippen LogP contribution in [0.1, 0.15) is 18.5 Å². The first-order chi connectivity index (χ1) is 11.2. The van der Waals surface area contributed by atoms with Gasteiger partial charge in [-0.15, -0.1) is 11.3 Å². The third-order valence-electron chi connectivity index (χ3n) is 3.55. The van der Waals surface area contributed by atoms with Crippen molar-refractivity contribution < 1.29 is 9.53 Å². The van der Waals surface area contributed by atoms with Crippen molar-refractivity contribution in [2.75, 3.05) is 11.9 Å². The molecule has 3 aromatic rings. The quantitative estimate of drug-likeness (QED) is 0.683. The van der Waals surface area contributed by atoms with Crippen LogP contribution in [0.3, 0.4) is 0 Å². The largest absolute Gasteiger partial charge is 0.493 e. The molecule has 0 aliphatic rings. The van der Waals surface area contributed by atoms with E-state index >= 15 is 0 Å². The van der Waals surface area contributed by atoms with Crippen LogP contribution >= 0.6 is 11.3 Å². The second kappa shape index (κ2) is 7.24.